The van der Waals surface area contributed by atoms with E-state index < -0.39 is 7.82 Å². The highest BCUT2D eigenvalue weighted by Gasteiger charge is 2.23. The van der Waals surface area contributed by atoms with Gasteiger partial charge in [-0.3, -0.25) is 4.89 Å². The molecule has 4 nitrogen and oxygen atoms in total. The van der Waals surface area contributed by atoms with E-state index in [1.165, 1.54) is 6.92 Å². The van der Waals surface area contributed by atoms with E-state index in [0.717, 1.165) is 0 Å². The average Bonchev–Trinajstić information content (AvgIpc) is 2.02. The lowest BCUT2D eigenvalue weighted by molar-refractivity contribution is 0.251. The second-order valence-electron chi connectivity index (χ2n) is 2.67. The quantitative estimate of drug-likeness (QED) is 0.618. The second-order valence-corrected chi connectivity index (χ2v) is 3.97. The molecule has 0 bridgehead atoms. The summed E-state index contributed by atoms with van der Waals surface area (Å²) in [7, 11) is -4.07. The van der Waals surface area contributed by atoms with E-state index in [1.54, 1.807) is 30.3 Å². The molecule has 1 aromatic rings. The van der Waals surface area contributed by atoms with Gasteiger partial charge in [0.1, 0.15) is 5.75 Å². The standard InChI is InChI=1S/C9H11O4P/c1-8(2)12-14(10,11)13-9-6-4-3-5-7-9/h3-7H,1H2,2H3,(H,10,11). The van der Waals surface area contributed by atoms with Crippen LogP contribution in [0, 0.1) is 0 Å². The van der Waals surface area contributed by atoms with Crippen LogP contribution in [-0.2, 0) is 9.09 Å². The van der Waals surface area contributed by atoms with Crippen LogP contribution in [0.15, 0.2) is 42.7 Å². The van der Waals surface area contributed by atoms with E-state index in [2.05, 4.69) is 11.1 Å². The Morgan fingerprint density at radius 3 is 2.50 bits per heavy atom. The molecule has 1 N–H and O–H groups in total. The third-order valence-electron chi connectivity index (χ3n) is 1.24. The Balaban J connectivity index is 2.69. The van der Waals surface area contributed by atoms with E-state index in [0.29, 0.717) is 0 Å². The SMILES string of the molecule is C=C(C)OP(=O)(O)Oc1ccccc1. The van der Waals surface area contributed by atoms with Crippen LogP contribution < -0.4 is 4.52 Å². The van der Waals surface area contributed by atoms with Crippen LogP contribution in [0.3, 0.4) is 0 Å². The topological polar surface area (TPSA) is 55.8 Å². The molecule has 0 aliphatic heterocycles. The minimum absolute atomic E-state index is 0.131. The van der Waals surface area contributed by atoms with Crippen molar-refractivity contribution in [1.82, 2.24) is 0 Å². The summed E-state index contributed by atoms with van der Waals surface area (Å²) in [5.74, 6) is 0.409. The van der Waals surface area contributed by atoms with Crippen molar-refractivity contribution in [3.63, 3.8) is 0 Å². The van der Waals surface area contributed by atoms with E-state index in [4.69, 9.17) is 4.52 Å². The van der Waals surface area contributed by atoms with Gasteiger partial charge < -0.3 is 9.05 Å². The summed E-state index contributed by atoms with van der Waals surface area (Å²) in [6, 6.07) is 8.27. The summed E-state index contributed by atoms with van der Waals surface area (Å²) in [6.07, 6.45) is 0. The average molecular weight is 214 g/mol. The number of para-hydroxylation sites is 1. The van der Waals surface area contributed by atoms with Crippen LogP contribution in [0.5, 0.6) is 5.75 Å². The monoisotopic (exact) mass is 214 g/mol. The van der Waals surface area contributed by atoms with Crippen molar-refractivity contribution < 1.29 is 18.5 Å². The first-order valence-corrected chi connectivity index (χ1v) is 5.42. The largest absolute Gasteiger partial charge is 0.584 e. The molecule has 14 heavy (non-hydrogen) atoms. The molecule has 0 saturated heterocycles. The van der Waals surface area contributed by atoms with Crippen molar-refractivity contribution >= 4 is 7.82 Å². The van der Waals surface area contributed by atoms with Gasteiger partial charge in [-0.15, -0.1) is 0 Å². The molecule has 1 unspecified atom stereocenters. The maximum Gasteiger partial charge on any atom is 0.584 e. The second kappa shape index (κ2) is 4.31. The Kier molecular flexibility index (Phi) is 3.33. The van der Waals surface area contributed by atoms with Gasteiger partial charge in [0.2, 0.25) is 0 Å². The van der Waals surface area contributed by atoms with Gasteiger partial charge >= 0.3 is 7.82 Å². The smallest absolute Gasteiger partial charge is 0.401 e. The van der Waals surface area contributed by atoms with Crippen molar-refractivity contribution in [3.8, 4) is 5.75 Å². The number of phosphoric ester groups is 1. The van der Waals surface area contributed by atoms with Crippen LogP contribution in [0.2, 0.25) is 0 Å². The Morgan fingerprint density at radius 1 is 1.43 bits per heavy atom. The van der Waals surface area contributed by atoms with Crippen molar-refractivity contribution in [2.24, 2.45) is 0 Å². The van der Waals surface area contributed by atoms with Crippen molar-refractivity contribution in [2.75, 3.05) is 0 Å². The molecule has 1 atom stereocenters. The molecule has 0 radical (unpaired) electrons. The molecule has 0 saturated carbocycles. The first-order valence-electron chi connectivity index (χ1n) is 3.92. The minimum atomic E-state index is -4.07. The highest BCUT2D eigenvalue weighted by atomic mass is 31.2. The minimum Gasteiger partial charge on any atom is -0.401 e. The number of allylic oxidation sites excluding steroid dienone is 1. The predicted molar refractivity (Wildman–Crippen MR) is 52.8 cm³/mol. The zero-order valence-corrected chi connectivity index (χ0v) is 8.61. The third-order valence-corrected chi connectivity index (χ3v) is 2.22. The lowest BCUT2D eigenvalue weighted by Gasteiger charge is -2.12. The van der Waals surface area contributed by atoms with Gasteiger partial charge in [-0.05, 0) is 19.1 Å². The summed E-state index contributed by atoms with van der Waals surface area (Å²) in [6.45, 7) is 4.82. The highest BCUT2D eigenvalue weighted by Crippen LogP contribution is 2.45. The maximum atomic E-state index is 11.2. The Hall–Kier alpha value is -1.25. The number of benzene rings is 1. The number of hydrogen-bond donors (Lipinski definition) is 1. The number of hydrogen-bond acceptors (Lipinski definition) is 3. The summed E-state index contributed by atoms with van der Waals surface area (Å²) < 4.78 is 20.5. The predicted octanol–water partition coefficient (Wildman–Crippen LogP) is 2.72. The zero-order valence-electron chi connectivity index (χ0n) is 7.71. The van der Waals surface area contributed by atoms with Crippen LogP contribution in [0.25, 0.3) is 0 Å². The van der Waals surface area contributed by atoms with Gasteiger partial charge in [0.05, 0.1) is 5.76 Å². The maximum absolute atomic E-state index is 11.2. The summed E-state index contributed by atoms with van der Waals surface area (Å²) in [4.78, 5) is 9.19. The van der Waals surface area contributed by atoms with Crippen LogP contribution in [0.4, 0.5) is 0 Å². The van der Waals surface area contributed by atoms with E-state index in [-0.39, 0.29) is 11.5 Å². The molecular formula is C9H11O4P. The fraction of sp³-hybridized carbons (Fsp3) is 0.111. The Bertz CT molecular complexity index is 360. The summed E-state index contributed by atoms with van der Waals surface area (Å²) >= 11 is 0. The molecule has 1 aromatic carbocycles. The molecule has 1 rings (SSSR count). The lowest BCUT2D eigenvalue weighted by Crippen LogP contribution is -1.95. The molecule has 0 aliphatic rings. The van der Waals surface area contributed by atoms with Crippen molar-refractivity contribution in [3.05, 3.63) is 42.7 Å². The lowest BCUT2D eigenvalue weighted by atomic mass is 10.3. The van der Waals surface area contributed by atoms with Crippen LogP contribution in [0.1, 0.15) is 6.92 Å². The summed E-state index contributed by atoms with van der Waals surface area (Å²) in [5, 5.41) is 0. The molecule has 0 spiro atoms. The highest BCUT2D eigenvalue weighted by molar-refractivity contribution is 7.48. The van der Waals surface area contributed by atoms with Crippen molar-refractivity contribution in [1.29, 1.82) is 0 Å². The zero-order chi connectivity index (χ0) is 10.6. The molecule has 5 heteroatoms. The fourth-order valence-corrected chi connectivity index (χ4v) is 1.65. The molecular weight excluding hydrogens is 203 g/mol. The van der Waals surface area contributed by atoms with Gasteiger partial charge in [0, 0.05) is 0 Å². The number of phosphoric acid groups is 1. The molecule has 0 aromatic heterocycles. The van der Waals surface area contributed by atoms with Gasteiger partial charge in [-0.2, -0.15) is 0 Å². The summed E-state index contributed by atoms with van der Waals surface area (Å²) in [5.41, 5.74) is 0. The third kappa shape index (κ3) is 3.64. The van der Waals surface area contributed by atoms with Crippen LogP contribution >= 0.6 is 7.82 Å². The Labute approximate surface area is 82.4 Å². The number of rotatable bonds is 4. The first-order chi connectivity index (χ1) is 6.49. The normalized spacial score (nSPS) is 14.1. The molecule has 0 amide bonds. The first kappa shape index (κ1) is 10.8. The van der Waals surface area contributed by atoms with E-state index in [1.807, 2.05) is 0 Å². The van der Waals surface area contributed by atoms with E-state index >= 15 is 0 Å². The van der Waals surface area contributed by atoms with Gasteiger partial charge in [-0.25, -0.2) is 4.57 Å². The van der Waals surface area contributed by atoms with Gasteiger partial charge in [0.25, 0.3) is 0 Å². The molecule has 0 fully saturated rings. The van der Waals surface area contributed by atoms with Gasteiger partial charge in [-0.1, -0.05) is 24.8 Å². The molecule has 76 valence electrons. The molecule has 0 heterocycles. The fourth-order valence-electron chi connectivity index (χ4n) is 0.830. The van der Waals surface area contributed by atoms with E-state index in [9.17, 15) is 9.46 Å². The van der Waals surface area contributed by atoms with Crippen molar-refractivity contribution in [2.45, 2.75) is 6.92 Å². The van der Waals surface area contributed by atoms with Crippen LogP contribution in [-0.4, -0.2) is 4.89 Å². The van der Waals surface area contributed by atoms with Gasteiger partial charge in [0.15, 0.2) is 0 Å². The Morgan fingerprint density at radius 2 is 2.00 bits per heavy atom. The molecule has 0 aliphatic carbocycles.